The monoisotopic (exact) mass is 246 g/mol. The molecule has 4 aliphatic carbocycles. The summed E-state index contributed by atoms with van der Waals surface area (Å²) in [5.41, 5.74) is -1.54. The van der Waals surface area contributed by atoms with Gasteiger partial charge in [0.25, 0.3) is 0 Å². The molecule has 0 aromatic rings. The Balaban J connectivity index is 1.76. The van der Waals surface area contributed by atoms with Crippen LogP contribution in [0.15, 0.2) is 12.2 Å². The molecule has 0 radical (unpaired) electrons. The summed E-state index contributed by atoms with van der Waals surface area (Å²) in [6, 6.07) is 0. The van der Waals surface area contributed by atoms with Crippen LogP contribution in [0.5, 0.6) is 0 Å². The van der Waals surface area contributed by atoms with Crippen LogP contribution in [-0.4, -0.2) is 11.8 Å². The highest BCUT2D eigenvalue weighted by Gasteiger charge is 2.74. The van der Waals surface area contributed by atoms with Crippen LogP contribution in [-0.2, 0) is 0 Å². The zero-order valence-corrected chi connectivity index (χ0v) is 9.25. The van der Waals surface area contributed by atoms with Gasteiger partial charge in [-0.1, -0.05) is 12.2 Å². The molecule has 7 atom stereocenters. The first-order valence-corrected chi connectivity index (χ1v) is 6.36. The van der Waals surface area contributed by atoms with Crippen LogP contribution in [0.3, 0.4) is 0 Å². The lowest BCUT2D eigenvalue weighted by Gasteiger charge is -2.42. The Morgan fingerprint density at radius 2 is 1.82 bits per heavy atom. The van der Waals surface area contributed by atoms with Crippen molar-refractivity contribution < 1.29 is 17.6 Å². The van der Waals surface area contributed by atoms with Gasteiger partial charge < -0.3 is 0 Å². The van der Waals surface area contributed by atoms with Crippen molar-refractivity contribution in [3.63, 3.8) is 0 Å². The molecule has 0 saturated heterocycles. The summed E-state index contributed by atoms with van der Waals surface area (Å²) in [4.78, 5) is 0. The Bertz CT molecular complexity index is 399. The molecule has 3 fully saturated rings. The molecule has 94 valence electrons. The van der Waals surface area contributed by atoms with Crippen molar-refractivity contribution in [2.75, 3.05) is 0 Å². The Morgan fingerprint density at radius 1 is 1.06 bits per heavy atom. The van der Waals surface area contributed by atoms with Crippen molar-refractivity contribution in [2.24, 2.45) is 35.5 Å². The Labute approximate surface area is 97.1 Å². The number of hydrogen-bond acceptors (Lipinski definition) is 0. The van der Waals surface area contributed by atoms with Gasteiger partial charge in [-0.2, -0.15) is 13.2 Å². The molecule has 7 unspecified atom stereocenters. The number of hydrogen-bond donors (Lipinski definition) is 0. The first-order valence-electron chi connectivity index (χ1n) is 6.36. The van der Waals surface area contributed by atoms with E-state index in [-0.39, 0.29) is 30.1 Å². The lowest BCUT2D eigenvalue weighted by Crippen LogP contribution is -2.49. The van der Waals surface area contributed by atoms with Crippen LogP contribution in [0.1, 0.15) is 19.3 Å². The first-order chi connectivity index (χ1) is 7.92. The molecule has 0 N–H and O–H groups in total. The van der Waals surface area contributed by atoms with E-state index in [9.17, 15) is 13.2 Å². The topological polar surface area (TPSA) is 0 Å². The highest BCUT2D eigenvalue weighted by molar-refractivity contribution is 5.28. The normalized spacial score (nSPS) is 59.1. The van der Waals surface area contributed by atoms with Gasteiger partial charge in [0.2, 0.25) is 0 Å². The van der Waals surface area contributed by atoms with E-state index < -0.39 is 23.7 Å². The molecule has 0 amide bonds. The van der Waals surface area contributed by atoms with Crippen LogP contribution < -0.4 is 0 Å². The standard InChI is InChI=1S/C13H14F4/c14-12-8-2-1-6(3-8)11(12)7-4-9(12)10(5-7)13(15,16)17/h1-2,6-11H,3-5H2. The SMILES string of the molecule is FC(F)(F)C1CC2CC1C1(F)C3C=CC(C3)C21. The van der Waals surface area contributed by atoms with E-state index in [1.807, 2.05) is 12.2 Å². The zero-order chi connectivity index (χ0) is 12.0. The third-order valence-corrected chi connectivity index (χ3v) is 5.75. The summed E-state index contributed by atoms with van der Waals surface area (Å²) in [5.74, 6) is -2.32. The average molecular weight is 246 g/mol. The molecule has 0 aliphatic heterocycles. The third kappa shape index (κ3) is 1.02. The molecule has 4 rings (SSSR count). The number of alkyl halides is 4. The third-order valence-electron chi connectivity index (χ3n) is 5.75. The van der Waals surface area contributed by atoms with Crippen molar-refractivity contribution in [3.05, 3.63) is 12.2 Å². The molecule has 0 aromatic carbocycles. The first kappa shape index (κ1) is 10.4. The fourth-order valence-electron chi connectivity index (χ4n) is 5.35. The second kappa shape index (κ2) is 2.72. The van der Waals surface area contributed by atoms with E-state index in [2.05, 4.69) is 0 Å². The summed E-state index contributed by atoms with van der Waals surface area (Å²) >= 11 is 0. The van der Waals surface area contributed by atoms with E-state index >= 15 is 4.39 Å². The fraction of sp³-hybridized carbons (Fsp3) is 0.846. The van der Waals surface area contributed by atoms with Crippen molar-refractivity contribution in [2.45, 2.75) is 31.1 Å². The van der Waals surface area contributed by atoms with E-state index in [0.717, 1.165) is 6.42 Å². The van der Waals surface area contributed by atoms with Crippen LogP contribution in [0.4, 0.5) is 17.6 Å². The Kier molecular flexibility index (Phi) is 1.66. The second-order valence-corrected chi connectivity index (χ2v) is 6.23. The van der Waals surface area contributed by atoms with Crippen LogP contribution in [0, 0.1) is 35.5 Å². The molecular formula is C13H14F4. The molecule has 4 bridgehead atoms. The maximum atomic E-state index is 15.1. The minimum atomic E-state index is -4.21. The zero-order valence-electron chi connectivity index (χ0n) is 9.25. The van der Waals surface area contributed by atoms with E-state index in [1.165, 1.54) is 0 Å². The van der Waals surface area contributed by atoms with Crippen LogP contribution >= 0.6 is 0 Å². The lowest BCUT2D eigenvalue weighted by molar-refractivity contribution is -0.208. The summed E-state index contributed by atoms with van der Waals surface area (Å²) in [7, 11) is 0. The van der Waals surface area contributed by atoms with Gasteiger partial charge in [0.15, 0.2) is 0 Å². The highest BCUT2D eigenvalue weighted by atomic mass is 19.4. The summed E-state index contributed by atoms with van der Waals surface area (Å²) < 4.78 is 53.8. The number of halogens is 4. The molecule has 4 aliphatic rings. The van der Waals surface area contributed by atoms with Crippen molar-refractivity contribution >= 4 is 0 Å². The minimum absolute atomic E-state index is 0.0309. The maximum absolute atomic E-state index is 15.1. The van der Waals surface area contributed by atoms with E-state index in [1.54, 1.807) is 0 Å². The summed E-state index contributed by atoms with van der Waals surface area (Å²) in [6.45, 7) is 0. The molecule has 0 aromatic heterocycles. The smallest absolute Gasteiger partial charge is 0.243 e. The summed E-state index contributed by atoms with van der Waals surface area (Å²) in [5, 5.41) is 0. The molecular weight excluding hydrogens is 232 g/mol. The average Bonchev–Trinajstić information content (AvgIpc) is 2.90. The minimum Gasteiger partial charge on any atom is -0.243 e. The van der Waals surface area contributed by atoms with Crippen molar-refractivity contribution in [1.29, 1.82) is 0 Å². The van der Waals surface area contributed by atoms with Gasteiger partial charge in [-0.25, -0.2) is 4.39 Å². The van der Waals surface area contributed by atoms with Crippen LogP contribution in [0.2, 0.25) is 0 Å². The molecule has 3 saturated carbocycles. The molecule has 4 heteroatoms. The predicted molar refractivity (Wildman–Crippen MR) is 53.8 cm³/mol. The van der Waals surface area contributed by atoms with Gasteiger partial charge in [0.05, 0.1) is 5.92 Å². The van der Waals surface area contributed by atoms with Gasteiger partial charge in [-0.05, 0) is 31.1 Å². The van der Waals surface area contributed by atoms with E-state index in [4.69, 9.17) is 0 Å². The van der Waals surface area contributed by atoms with Crippen molar-refractivity contribution in [1.82, 2.24) is 0 Å². The number of allylic oxidation sites excluding steroid dienone is 2. The second-order valence-electron chi connectivity index (χ2n) is 6.23. The molecule has 0 spiro atoms. The Hall–Kier alpha value is -0.540. The quantitative estimate of drug-likeness (QED) is 0.347. The Morgan fingerprint density at radius 3 is 2.53 bits per heavy atom. The van der Waals surface area contributed by atoms with Gasteiger partial charge in [-0.3, -0.25) is 0 Å². The molecule has 17 heavy (non-hydrogen) atoms. The predicted octanol–water partition coefficient (Wildman–Crippen LogP) is 3.74. The fourth-order valence-corrected chi connectivity index (χ4v) is 5.35. The van der Waals surface area contributed by atoms with Gasteiger partial charge >= 0.3 is 6.18 Å². The van der Waals surface area contributed by atoms with Crippen LogP contribution in [0.25, 0.3) is 0 Å². The lowest BCUT2D eigenvalue weighted by atomic mass is 9.67. The largest absolute Gasteiger partial charge is 0.392 e. The maximum Gasteiger partial charge on any atom is 0.392 e. The number of rotatable bonds is 0. The molecule has 0 nitrogen and oxygen atoms in total. The van der Waals surface area contributed by atoms with E-state index in [0.29, 0.717) is 6.42 Å². The van der Waals surface area contributed by atoms with Gasteiger partial charge in [0, 0.05) is 17.8 Å². The summed E-state index contributed by atoms with van der Waals surface area (Å²) in [6.07, 6.45) is 1.03. The number of fused-ring (bicyclic) bond motifs is 9. The highest BCUT2D eigenvalue weighted by Crippen LogP contribution is 2.72. The molecule has 0 heterocycles. The van der Waals surface area contributed by atoms with Crippen molar-refractivity contribution in [3.8, 4) is 0 Å². The van der Waals surface area contributed by atoms with Gasteiger partial charge in [-0.15, -0.1) is 0 Å². The van der Waals surface area contributed by atoms with Gasteiger partial charge in [0.1, 0.15) is 5.67 Å².